The molecule has 0 fully saturated rings. The van der Waals surface area contributed by atoms with E-state index in [-0.39, 0.29) is 0 Å². The van der Waals surface area contributed by atoms with Crippen LogP contribution in [0, 0.1) is 11.3 Å². The highest BCUT2D eigenvalue weighted by Gasteiger charge is 2.03. The minimum absolute atomic E-state index is 0.567. The van der Waals surface area contributed by atoms with Crippen LogP contribution < -0.4 is 0 Å². The van der Waals surface area contributed by atoms with Crippen molar-refractivity contribution in [2.45, 2.75) is 6.10 Å². The molecule has 0 aromatic heterocycles. The summed E-state index contributed by atoms with van der Waals surface area (Å²) in [6.07, 6.45) is -0.261. The zero-order valence-electron chi connectivity index (χ0n) is 10.3. The summed E-state index contributed by atoms with van der Waals surface area (Å²) in [7, 11) is 0. The lowest BCUT2D eigenvalue weighted by molar-refractivity contribution is 0.112. The molecule has 20 heavy (non-hydrogen) atoms. The van der Waals surface area contributed by atoms with E-state index in [2.05, 4.69) is 0 Å². The monoisotopic (exact) mass is 307 g/mol. The van der Waals surface area contributed by atoms with E-state index < -0.39 is 6.10 Å². The second-order valence-electron chi connectivity index (χ2n) is 3.75. The number of nitriles is 1. The number of nitrogens with zero attached hydrogens (tertiary/aromatic N) is 1. The van der Waals surface area contributed by atoms with E-state index in [0.29, 0.717) is 21.2 Å². The number of carbonyl (C=O) groups is 1. The number of rotatable bonds is 2. The van der Waals surface area contributed by atoms with Gasteiger partial charge in [-0.05, 0) is 29.8 Å². The fourth-order valence-corrected chi connectivity index (χ4v) is 1.51. The van der Waals surface area contributed by atoms with Gasteiger partial charge in [-0.3, -0.25) is 4.79 Å². The zero-order chi connectivity index (χ0) is 15.0. The van der Waals surface area contributed by atoms with Crippen LogP contribution in [0.15, 0.2) is 48.5 Å². The molecule has 3 nitrogen and oxygen atoms in total. The molecule has 2 aromatic rings. The Kier molecular flexibility index (Phi) is 6.75. The van der Waals surface area contributed by atoms with Gasteiger partial charge in [-0.15, -0.1) is 0 Å². The Labute approximate surface area is 127 Å². The highest BCUT2D eigenvalue weighted by Crippen LogP contribution is 2.15. The maximum absolute atomic E-state index is 10.1. The Morgan fingerprint density at radius 3 is 1.85 bits per heavy atom. The minimum atomic E-state index is -1.05. The molecule has 1 N–H and O–H groups in total. The van der Waals surface area contributed by atoms with E-state index in [1.165, 1.54) is 0 Å². The second-order valence-corrected chi connectivity index (χ2v) is 4.63. The number of hydrogen-bond acceptors (Lipinski definition) is 3. The molecule has 0 saturated carbocycles. The summed E-state index contributed by atoms with van der Waals surface area (Å²) in [6.45, 7) is 0. The van der Waals surface area contributed by atoms with E-state index in [9.17, 15) is 4.79 Å². The van der Waals surface area contributed by atoms with Crippen LogP contribution >= 0.6 is 23.2 Å². The van der Waals surface area contributed by atoms with Gasteiger partial charge in [-0.2, -0.15) is 5.26 Å². The lowest BCUT2D eigenvalue weighted by Gasteiger charge is -1.99. The van der Waals surface area contributed by atoms with Crippen LogP contribution in [-0.2, 0) is 0 Å². The van der Waals surface area contributed by atoms with Crippen molar-refractivity contribution in [3.05, 3.63) is 69.7 Å². The zero-order valence-corrected chi connectivity index (χ0v) is 11.8. The van der Waals surface area contributed by atoms with Crippen molar-refractivity contribution in [2.24, 2.45) is 0 Å². The molecule has 0 aliphatic carbocycles. The number of aliphatic hydroxyl groups excluding tert-OH is 1. The van der Waals surface area contributed by atoms with Gasteiger partial charge in [0.2, 0.25) is 0 Å². The topological polar surface area (TPSA) is 61.1 Å². The molecule has 0 spiro atoms. The van der Waals surface area contributed by atoms with Gasteiger partial charge in [0.05, 0.1) is 6.07 Å². The molecule has 0 aliphatic rings. The predicted molar refractivity (Wildman–Crippen MR) is 78.9 cm³/mol. The van der Waals surface area contributed by atoms with Crippen LogP contribution in [0.25, 0.3) is 0 Å². The molecule has 0 heterocycles. The van der Waals surface area contributed by atoms with Crippen LogP contribution in [0.2, 0.25) is 10.0 Å². The molecule has 0 bridgehead atoms. The van der Waals surface area contributed by atoms with Gasteiger partial charge < -0.3 is 5.11 Å². The predicted octanol–water partition coefficient (Wildman–Crippen LogP) is 4.05. The quantitative estimate of drug-likeness (QED) is 0.672. The van der Waals surface area contributed by atoms with Crippen molar-refractivity contribution in [1.82, 2.24) is 0 Å². The first-order valence-corrected chi connectivity index (χ1v) is 6.36. The third-order valence-electron chi connectivity index (χ3n) is 2.31. The van der Waals surface area contributed by atoms with E-state index in [1.54, 1.807) is 54.6 Å². The summed E-state index contributed by atoms with van der Waals surface area (Å²) in [5, 5.41) is 18.6. The van der Waals surface area contributed by atoms with Gasteiger partial charge >= 0.3 is 0 Å². The molecular weight excluding hydrogens is 297 g/mol. The molecule has 5 heteroatoms. The minimum Gasteiger partial charge on any atom is -0.374 e. The first-order chi connectivity index (χ1) is 9.56. The van der Waals surface area contributed by atoms with Crippen molar-refractivity contribution >= 4 is 29.5 Å². The molecule has 0 aliphatic heterocycles. The molecule has 0 radical (unpaired) electrons. The van der Waals surface area contributed by atoms with Crippen molar-refractivity contribution in [1.29, 1.82) is 5.26 Å². The smallest absolute Gasteiger partial charge is 0.165 e. The Balaban J connectivity index is 0.000000204. The molecule has 102 valence electrons. The second kappa shape index (κ2) is 8.34. The average molecular weight is 308 g/mol. The normalized spacial score (nSPS) is 10.7. The third kappa shape index (κ3) is 5.41. The summed E-state index contributed by atoms with van der Waals surface area (Å²) in [5.74, 6) is 0. The van der Waals surface area contributed by atoms with Crippen molar-refractivity contribution in [3.8, 4) is 6.07 Å². The third-order valence-corrected chi connectivity index (χ3v) is 2.82. The SMILES string of the molecule is N#CC(O)c1ccc(Cl)cc1.O=Cc1ccc(Cl)cc1. The molecule has 2 rings (SSSR count). The van der Waals surface area contributed by atoms with Gasteiger partial charge in [0.25, 0.3) is 0 Å². The summed E-state index contributed by atoms with van der Waals surface area (Å²) >= 11 is 11.1. The number of hydrogen-bond donors (Lipinski definition) is 1. The first-order valence-electron chi connectivity index (χ1n) is 5.60. The Hall–Kier alpha value is -1.86. The van der Waals surface area contributed by atoms with Gasteiger partial charge in [-0.1, -0.05) is 47.5 Å². The van der Waals surface area contributed by atoms with Crippen LogP contribution in [0.3, 0.4) is 0 Å². The van der Waals surface area contributed by atoms with Crippen LogP contribution in [0.5, 0.6) is 0 Å². The van der Waals surface area contributed by atoms with Gasteiger partial charge in [0.1, 0.15) is 6.29 Å². The van der Waals surface area contributed by atoms with Gasteiger partial charge in [0.15, 0.2) is 6.10 Å². The van der Waals surface area contributed by atoms with E-state index in [0.717, 1.165) is 6.29 Å². The number of halogens is 2. The Morgan fingerprint density at radius 1 is 1.00 bits per heavy atom. The maximum Gasteiger partial charge on any atom is 0.165 e. The summed E-state index contributed by atoms with van der Waals surface area (Å²) < 4.78 is 0. The maximum atomic E-state index is 10.1. The molecule has 0 amide bonds. The Bertz CT molecular complexity index is 589. The fraction of sp³-hybridized carbons (Fsp3) is 0.0667. The number of aliphatic hydroxyl groups is 1. The van der Waals surface area contributed by atoms with Gasteiger partial charge in [0, 0.05) is 15.6 Å². The molecule has 2 aromatic carbocycles. The van der Waals surface area contributed by atoms with Crippen molar-refractivity contribution in [3.63, 3.8) is 0 Å². The van der Waals surface area contributed by atoms with E-state index >= 15 is 0 Å². The van der Waals surface area contributed by atoms with Gasteiger partial charge in [-0.25, -0.2) is 0 Å². The van der Waals surface area contributed by atoms with Crippen LogP contribution in [-0.4, -0.2) is 11.4 Å². The molecule has 1 atom stereocenters. The number of aldehydes is 1. The van der Waals surface area contributed by atoms with Crippen LogP contribution in [0.4, 0.5) is 0 Å². The lowest BCUT2D eigenvalue weighted by atomic mass is 10.1. The molecule has 0 saturated heterocycles. The number of benzene rings is 2. The first kappa shape index (κ1) is 16.2. The average Bonchev–Trinajstić information content (AvgIpc) is 2.49. The van der Waals surface area contributed by atoms with E-state index in [1.807, 2.05) is 0 Å². The molecular formula is C15H11Cl2NO2. The molecule has 1 unspecified atom stereocenters. The van der Waals surface area contributed by atoms with Crippen molar-refractivity contribution in [2.75, 3.05) is 0 Å². The van der Waals surface area contributed by atoms with E-state index in [4.69, 9.17) is 33.6 Å². The van der Waals surface area contributed by atoms with Crippen molar-refractivity contribution < 1.29 is 9.90 Å². The lowest BCUT2D eigenvalue weighted by Crippen LogP contribution is -1.91. The fourth-order valence-electron chi connectivity index (χ4n) is 1.26. The standard InChI is InChI=1S/C8H6ClNO.C7H5ClO/c9-7-3-1-6(2-4-7)8(11)5-10;8-7-3-1-6(5-9)2-4-7/h1-4,8,11H;1-5H. The number of carbonyl (C=O) groups excluding carboxylic acids is 1. The summed E-state index contributed by atoms with van der Waals surface area (Å²) in [5.41, 5.74) is 1.22. The summed E-state index contributed by atoms with van der Waals surface area (Å²) in [6, 6.07) is 15.0. The summed E-state index contributed by atoms with van der Waals surface area (Å²) in [4.78, 5) is 10.1. The highest BCUT2D eigenvalue weighted by molar-refractivity contribution is 6.30. The van der Waals surface area contributed by atoms with Crippen LogP contribution in [0.1, 0.15) is 22.0 Å². The Morgan fingerprint density at radius 2 is 1.45 bits per heavy atom. The highest BCUT2D eigenvalue weighted by atomic mass is 35.5. The largest absolute Gasteiger partial charge is 0.374 e.